The molecule has 1 aromatic heterocycles. The summed E-state index contributed by atoms with van der Waals surface area (Å²) in [7, 11) is 0. The minimum absolute atomic E-state index is 0.00829. The molecule has 0 aliphatic carbocycles. The van der Waals surface area contributed by atoms with Gasteiger partial charge in [0.1, 0.15) is 12.1 Å². The Labute approximate surface area is 184 Å². The number of anilines is 1. The maximum absolute atomic E-state index is 13.1. The second-order valence-electron chi connectivity index (χ2n) is 7.33. The third-order valence-corrected chi connectivity index (χ3v) is 5.12. The molecular formula is C24H21N3O5. The normalized spacial score (nSPS) is 15.4. The van der Waals surface area contributed by atoms with Crippen LogP contribution >= 0.6 is 0 Å². The summed E-state index contributed by atoms with van der Waals surface area (Å²) in [6.07, 6.45) is 3.12. The highest BCUT2D eigenvalue weighted by Gasteiger charge is 2.37. The Morgan fingerprint density at radius 1 is 1.06 bits per heavy atom. The SMILES string of the molecule is CCOC(=O)Cn1cc(/C=C2\C(=O)NC(=O)N(c3ccc(C)cc3)C2=O)c2ccccc21. The molecule has 0 radical (unpaired) electrons. The van der Waals surface area contributed by atoms with E-state index in [1.807, 2.05) is 31.2 Å². The number of hydrogen-bond donors (Lipinski definition) is 1. The van der Waals surface area contributed by atoms with Gasteiger partial charge in [-0.1, -0.05) is 35.9 Å². The lowest BCUT2D eigenvalue weighted by Gasteiger charge is -2.26. The van der Waals surface area contributed by atoms with E-state index in [0.717, 1.165) is 21.4 Å². The summed E-state index contributed by atoms with van der Waals surface area (Å²) >= 11 is 0. The van der Waals surface area contributed by atoms with Gasteiger partial charge in [-0.3, -0.25) is 19.7 Å². The van der Waals surface area contributed by atoms with Gasteiger partial charge in [0.25, 0.3) is 11.8 Å². The van der Waals surface area contributed by atoms with E-state index < -0.39 is 23.8 Å². The number of hydrogen-bond acceptors (Lipinski definition) is 5. The number of imide groups is 2. The fourth-order valence-corrected chi connectivity index (χ4v) is 3.61. The number of urea groups is 1. The predicted molar refractivity (Wildman–Crippen MR) is 119 cm³/mol. The minimum atomic E-state index is -0.800. The van der Waals surface area contributed by atoms with E-state index in [1.54, 1.807) is 42.0 Å². The maximum atomic E-state index is 13.1. The van der Waals surface area contributed by atoms with Crippen LogP contribution in [0.15, 0.2) is 60.3 Å². The molecule has 0 bridgehead atoms. The van der Waals surface area contributed by atoms with Gasteiger partial charge >= 0.3 is 12.0 Å². The molecule has 32 heavy (non-hydrogen) atoms. The molecule has 0 unspecified atom stereocenters. The lowest BCUT2D eigenvalue weighted by molar-refractivity contribution is -0.143. The van der Waals surface area contributed by atoms with Gasteiger partial charge in [0.05, 0.1) is 12.3 Å². The Hall–Kier alpha value is -4.20. The molecule has 0 atom stereocenters. The molecule has 1 aliphatic heterocycles. The fourth-order valence-electron chi connectivity index (χ4n) is 3.61. The molecule has 162 valence electrons. The summed E-state index contributed by atoms with van der Waals surface area (Å²) in [5.41, 5.74) is 2.48. The van der Waals surface area contributed by atoms with E-state index in [0.29, 0.717) is 11.3 Å². The number of carbonyl (C=O) groups is 4. The molecule has 4 rings (SSSR count). The Balaban J connectivity index is 1.76. The van der Waals surface area contributed by atoms with Crippen molar-refractivity contribution in [3.05, 3.63) is 71.4 Å². The largest absolute Gasteiger partial charge is 0.465 e. The first kappa shape index (κ1) is 21.0. The number of carbonyl (C=O) groups excluding carboxylic acids is 4. The van der Waals surface area contributed by atoms with Crippen LogP contribution in [-0.4, -0.2) is 35.0 Å². The van der Waals surface area contributed by atoms with Crippen LogP contribution in [-0.2, 0) is 25.7 Å². The number of aryl methyl sites for hydroxylation is 1. The molecule has 1 aliphatic rings. The van der Waals surface area contributed by atoms with Gasteiger partial charge in [0, 0.05) is 22.7 Å². The minimum Gasteiger partial charge on any atom is -0.465 e. The Morgan fingerprint density at radius 2 is 1.78 bits per heavy atom. The molecule has 2 aromatic carbocycles. The Morgan fingerprint density at radius 3 is 2.50 bits per heavy atom. The molecule has 1 N–H and O–H groups in total. The molecule has 4 amide bonds. The third kappa shape index (κ3) is 3.90. The Kier molecular flexibility index (Phi) is 5.59. The van der Waals surface area contributed by atoms with Crippen molar-refractivity contribution in [3.8, 4) is 0 Å². The zero-order valence-electron chi connectivity index (χ0n) is 17.6. The summed E-state index contributed by atoms with van der Waals surface area (Å²) in [5, 5.41) is 2.98. The third-order valence-electron chi connectivity index (χ3n) is 5.12. The first-order chi connectivity index (χ1) is 15.4. The number of rotatable bonds is 5. The highest BCUT2D eigenvalue weighted by molar-refractivity contribution is 6.39. The number of fused-ring (bicyclic) bond motifs is 1. The standard InChI is InChI=1S/C24H21N3O5/c1-3-32-21(28)14-26-13-16(18-6-4-5-7-20(18)26)12-19-22(29)25-24(31)27(23(19)30)17-10-8-15(2)9-11-17/h4-13H,3,14H2,1-2H3,(H,25,29,31)/b19-12+. The van der Waals surface area contributed by atoms with Crippen molar-refractivity contribution < 1.29 is 23.9 Å². The monoisotopic (exact) mass is 431 g/mol. The summed E-state index contributed by atoms with van der Waals surface area (Å²) in [6, 6.07) is 13.4. The van der Waals surface area contributed by atoms with Crippen LogP contribution in [0.1, 0.15) is 18.1 Å². The highest BCUT2D eigenvalue weighted by atomic mass is 16.5. The van der Waals surface area contributed by atoms with Crippen LogP contribution in [0, 0.1) is 6.92 Å². The van der Waals surface area contributed by atoms with Crippen LogP contribution in [0.25, 0.3) is 17.0 Å². The quantitative estimate of drug-likeness (QED) is 0.380. The lowest BCUT2D eigenvalue weighted by atomic mass is 10.1. The van der Waals surface area contributed by atoms with E-state index in [1.165, 1.54) is 6.08 Å². The number of esters is 1. The molecule has 2 heterocycles. The molecule has 8 heteroatoms. The molecule has 3 aromatic rings. The van der Waals surface area contributed by atoms with Gasteiger partial charge in [-0.2, -0.15) is 0 Å². The Bertz CT molecular complexity index is 1270. The molecule has 0 saturated carbocycles. The topological polar surface area (TPSA) is 97.7 Å². The fraction of sp³-hybridized carbons (Fsp3) is 0.167. The van der Waals surface area contributed by atoms with E-state index in [9.17, 15) is 19.2 Å². The van der Waals surface area contributed by atoms with E-state index >= 15 is 0 Å². The predicted octanol–water partition coefficient (Wildman–Crippen LogP) is 3.18. The van der Waals surface area contributed by atoms with Crippen molar-refractivity contribution in [2.45, 2.75) is 20.4 Å². The van der Waals surface area contributed by atoms with Crippen LogP contribution < -0.4 is 10.2 Å². The summed E-state index contributed by atoms with van der Waals surface area (Å²) in [5.74, 6) is -1.88. The highest BCUT2D eigenvalue weighted by Crippen LogP contribution is 2.27. The van der Waals surface area contributed by atoms with Crippen molar-refractivity contribution in [2.24, 2.45) is 0 Å². The van der Waals surface area contributed by atoms with E-state index in [4.69, 9.17) is 4.74 Å². The van der Waals surface area contributed by atoms with Crippen molar-refractivity contribution >= 4 is 46.5 Å². The number of aromatic nitrogens is 1. The van der Waals surface area contributed by atoms with Crippen molar-refractivity contribution in [1.82, 2.24) is 9.88 Å². The smallest absolute Gasteiger partial charge is 0.335 e. The first-order valence-corrected chi connectivity index (χ1v) is 10.1. The van der Waals surface area contributed by atoms with Crippen LogP contribution in [0.4, 0.5) is 10.5 Å². The number of nitrogens with one attached hydrogen (secondary N) is 1. The summed E-state index contributed by atoms with van der Waals surface area (Å²) < 4.78 is 6.74. The van der Waals surface area contributed by atoms with Gasteiger partial charge in [-0.15, -0.1) is 0 Å². The van der Waals surface area contributed by atoms with E-state index in [2.05, 4.69) is 5.32 Å². The molecule has 8 nitrogen and oxygen atoms in total. The van der Waals surface area contributed by atoms with Gasteiger partial charge < -0.3 is 9.30 Å². The average Bonchev–Trinajstić information content (AvgIpc) is 3.10. The molecule has 1 fully saturated rings. The molecule has 1 saturated heterocycles. The lowest BCUT2D eigenvalue weighted by Crippen LogP contribution is -2.54. The number of barbiturate groups is 1. The number of para-hydroxylation sites is 1. The zero-order chi connectivity index (χ0) is 22.8. The average molecular weight is 431 g/mol. The number of benzene rings is 2. The number of ether oxygens (including phenoxy) is 1. The second-order valence-corrected chi connectivity index (χ2v) is 7.33. The van der Waals surface area contributed by atoms with Crippen molar-refractivity contribution in [1.29, 1.82) is 0 Å². The summed E-state index contributed by atoms with van der Waals surface area (Å²) in [6.45, 7) is 3.89. The van der Waals surface area contributed by atoms with E-state index in [-0.39, 0.29) is 18.7 Å². The van der Waals surface area contributed by atoms with Crippen LogP contribution in [0.5, 0.6) is 0 Å². The molecular weight excluding hydrogens is 410 g/mol. The first-order valence-electron chi connectivity index (χ1n) is 10.1. The van der Waals surface area contributed by atoms with Gasteiger partial charge in [-0.25, -0.2) is 9.69 Å². The van der Waals surface area contributed by atoms with Crippen LogP contribution in [0.2, 0.25) is 0 Å². The van der Waals surface area contributed by atoms with Gasteiger partial charge in [-0.05, 0) is 38.1 Å². The second kappa shape index (κ2) is 8.50. The summed E-state index contributed by atoms with van der Waals surface area (Å²) in [4.78, 5) is 51.0. The maximum Gasteiger partial charge on any atom is 0.335 e. The van der Waals surface area contributed by atoms with Gasteiger partial charge in [0.15, 0.2) is 0 Å². The zero-order valence-corrected chi connectivity index (χ0v) is 17.6. The molecule has 0 spiro atoms. The van der Waals surface area contributed by atoms with Crippen LogP contribution in [0.3, 0.4) is 0 Å². The number of amides is 4. The van der Waals surface area contributed by atoms with Gasteiger partial charge in [0.2, 0.25) is 0 Å². The van der Waals surface area contributed by atoms with Crippen molar-refractivity contribution in [2.75, 3.05) is 11.5 Å². The number of nitrogens with zero attached hydrogens (tertiary/aromatic N) is 2. The van der Waals surface area contributed by atoms with Crippen molar-refractivity contribution in [3.63, 3.8) is 0 Å².